The number of hydrogen-bond acceptors (Lipinski definition) is 7. The zero-order valence-corrected chi connectivity index (χ0v) is 18.5. The fourth-order valence-corrected chi connectivity index (χ4v) is 4.58. The van der Waals surface area contributed by atoms with Crippen molar-refractivity contribution < 1.29 is 13.2 Å². The van der Waals surface area contributed by atoms with Gasteiger partial charge in [-0.15, -0.1) is 15.3 Å². The van der Waals surface area contributed by atoms with Gasteiger partial charge in [0, 0.05) is 13.1 Å². The van der Waals surface area contributed by atoms with Crippen LogP contribution in [0, 0.1) is 18.6 Å². The highest BCUT2D eigenvalue weighted by atomic mass is 19.1. The summed E-state index contributed by atoms with van der Waals surface area (Å²) in [7, 11) is 0. The lowest BCUT2D eigenvalue weighted by Crippen LogP contribution is -2.33. The van der Waals surface area contributed by atoms with E-state index in [4.69, 9.17) is 9.40 Å². The van der Waals surface area contributed by atoms with Crippen LogP contribution in [-0.2, 0) is 5.41 Å². The van der Waals surface area contributed by atoms with Crippen molar-refractivity contribution in [2.75, 3.05) is 0 Å². The second-order valence-corrected chi connectivity index (χ2v) is 8.50. The molecule has 33 heavy (non-hydrogen) atoms. The maximum atomic E-state index is 14.4. The van der Waals surface area contributed by atoms with E-state index < -0.39 is 17.0 Å². The van der Waals surface area contributed by atoms with Crippen molar-refractivity contribution >= 4 is 0 Å². The molecule has 0 radical (unpaired) electrons. The van der Waals surface area contributed by atoms with Crippen LogP contribution < -0.4 is 0 Å². The number of benzene rings is 1. The molecule has 3 heterocycles. The first-order chi connectivity index (χ1) is 15.9. The summed E-state index contributed by atoms with van der Waals surface area (Å²) in [5, 5.41) is 16.6. The Morgan fingerprint density at radius 1 is 1.09 bits per heavy atom. The van der Waals surface area contributed by atoms with E-state index in [9.17, 15) is 8.78 Å². The van der Waals surface area contributed by atoms with E-state index in [2.05, 4.69) is 39.2 Å². The summed E-state index contributed by atoms with van der Waals surface area (Å²) in [6.45, 7) is 5.86. The molecule has 1 aliphatic carbocycles. The standard InChI is InChI=1S/C24H22F2N6O/c1-4-14-8-10-24(3,19-9-11-27-22(28-19)23-32-29-13(2)33-23)21-15(14)12-18(30-31-21)20-16(25)6-5-7-17(20)26/h5-7,9,11-12,14H,4,8,10H2,1-3H3/t14-,24+/m1/s1. The first-order valence-electron chi connectivity index (χ1n) is 10.9. The third-order valence-electron chi connectivity index (χ3n) is 6.43. The van der Waals surface area contributed by atoms with Crippen LogP contribution in [0.1, 0.15) is 61.9 Å². The van der Waals surface area contributed by atoms with Crippen LogP contribution in [0.4, 0.5) is 8.78 Å². The van der Waals surface area contributed by atoms with E-state index >= 15 is 0 Å². The van der Waals surface area contributed by atoms with Crippen molar-refractivity contribution in [3.63, 3.8) is 0 Å². The summed E-state index contributed by atoms with van der Waals surface area (Å²) in [6, 6.07) is 7.41. The van der Waals surface area contributed by atoms with Gasteiger partial charge < -0.3 is 4.42 Å². The van der Waals surface area contributed by atoms with Gasteiger partial charge in [-0.3, -0.25) is 0 Å². The van der Waals surface area contributed by atoms with Crippen LogP contribution >= 0.6 is 0 Å². The fourth-order valence-electron chi connectivity index (χ4n) is 4.58. The monoisotopic (exact) mass is 448 g/mol. The molecule has 0 saturated heterocycles. The molecule has 0 fully saturated rings. The molecule has 0 unspecified atom stereocenters. The van der Waals surface area contributed by atoms with Crippen LogP contribution in [-0.4, -0.2) is 30.4 Å². The molecule has 0 bridgehead atoms. The molecule has 7 nitrogen and oxygen atoms in total. The molecule has 0 saturated carbocycles. The Morgan fingerprint density at radius 3 is 2.58 bits per heavy atom. The van der Waals surface area contributed by atoms with Crippen molar-refractivity contribution in [2.45, 2.75) is 51.4 Å². The van der Waals surface area contributed by atoms with Crippen molar-refractivity contribution in [3.05, 3.63) is 71.0 Å². The smallest absolute Gasteiger partial charge is 0.285 e. The minimum absolute atomic E-state index is 0.161. The number of fused-ring (bicyclic) bond motifs is 1. The first-order valence-corrected chi connectivity index (χ1v) is 10.9. The molecule has 1 aromatic carbocycles. The molecule has 0 spiro atoms. The minimum atomic E-state index is -0.661. The summed E-state index contributed by atoms with van der Waals surface area (Å²) < 4.78 is 34.3. The Kier molecular flexibility index (Phi) is 5.19. The van der Waals surface area contributed by atoms with Crippen LogP contribution in [0.25, 0.3) is 23.0 Å². The molecule has 0 N–H and O–H groups in total. The quantitative estimate of drug-likeness (QED) is 0.426. The molecule has 4 aromatic rings. The second-order valence-electron chi connectivity index (χ2n) is 8.50. The Morgan fingerprint density at radius 2 is 1.88 bits per heavy atom. The summed E-state index contributed by atoms with van der Waals surface area (Å²) in [6.07, 6.45) is 4.21. The van der Waals surface area contributed by atoms with Gasteiger partial charge in [0.2, 0.25) is 11.7 Å². The minimum Gasteiger partial charge on any atom is -0.418 e. The van der Waals surface area contributed by atoms with E-state index in [1.165, 1.54) is 18.2 Å². The number of rotatable bonds is 4. The highest BCUT2D eigenvalue weighted by Crippen LogP contribution is 2.47. The molecule has 5 rings (SSSR count). The third kappa shape index (κ3) is 3.57. The third-order valence-corrected chi connectivity index (χ3v) is 6.43. The van der Waals surface area contributed by atoms with Gasteiger partial charge in [0.25, 0.3) is 5.89 Å². The predicted octanol–water partition coefficient (Wildman–Crippen LogP) is 5.16. The first kappa shape index (κ1) is 21.2. The highest BCUT2D eigenvalue weighted by Gasteiger charge is 2.41. The lowest BCUT2D eigenvalue weighted by Gasteiger charge is -2.37. The average molecular weight is 448 g/mol. The van der Waals surface area contributed by atoms with Gasteiger partial charge in [0.05, 0.1) is 28.1 Å². The van der Waals surface area contributed by atoms with Gasteiger partial charge in [0.15, 0.2) is 0 Å². The van der Waals surface area contributed by atoms with Crippen molar-refractivity contribution in [3.8, 4) is 23.0 Å². The van der Waals surface area contributed by atoms with Crippen molar-refractivity contribution in [1.29, 1.82) is 0 Å². The normalized spacial score (nSPS) is 20.0. The van der Waals surface area contributed by atoms with Crippen molar-refractivity contribution in [1.82, 2.24) is 30.4 Å². The summed E-state index contributed by atoms with van der Waals surface area (Å²) in [5.74, 6) is -0.101. The molecule has 0 amide bonds. The lowest BCUT2D eigenvalue weighted by atomic mass is 9.68. The maximum absolute atomic E-state index is 14.4. The zero-order chi connectivity index (χ0) is 23.2. The van der Waals surface area contributed by atoms with Gasteiger partial charge >= 0.3 is 0 Å². The largest absolute Gasteiger partial charge is 0.418 e. The van der Waals surface area contributed by atoms with Crippen LogP contribution in [0.3, 0.4) is 0 Å². The summed E-state index contributed by atoms with van der Waals surface area (Å²) in [4.78, 5) is 9.00. The van der Waals surface area contributed by atoms with Gasteiger partial charge in [-0.1, -0.05) is 13.0 Å². The Labute approximate surface area is 189 Å². The highest BCUT2D eigenvalue weighted by molar-refractivity contribution is 5.62. The van der Waals surface area contributed by atoms with Crippen LogP contribution in [0.5, 0.6) is 0 Å². The SMILES string of the molecule is CC[C@@H]1CC[C@@](C)(c2ccnc(-c3nnc(C)o3)n2)c2nnc(-c3c(F)cccc3F)cc21. The maximum Gasteiger partial charge on any atom is 0.285 e. The predicted molar refractivity (Wildman–Crippen MR) is 116 cm³/mol. The van der Waals surface area contributed by atoms with Gasteiger partial charge in [-0.25, -0.2) is 18.7 Å². The Bertz CT molecular complexity index is 1320. The number of halogens is 2. The van der Waals surface area contributed by atoms with E-state index in [-0.39, 0.29) is 23.1 Å². The molecular formula is C24H22F2N6O. The van der Waals surface area contributed by atoms with E-state index in [1.54, 1.807) is 19.2 Å². The molecule has 9 heteroatoms. The zero-order valence-electron chi connectivity index (χ0n) is 18.5. The van der Waals surface area contributed by atoms with E-state index in [0.29, 0.717) is 11.7 Å². The molecule has 0 aliphatic heterocycles. The second kappa shape index (κ2) is 8.06. The molecular weight excluding hydrogens is 426 g/mol. The van der Waals surface area contributed by atoms with E-state index in [0.717, 1.165) is 36.2 Å². The number of aryl methyl sites for hydroxylation is 1. The molecule has 3 aromatic heterocycles. The van der Waals surface area contributed by atoms with Gasteiger partial charge in [0.1, 0.15) is 11.6 Å². The number of nitrogens with zero attached hydrogens (tertiary/aromatic N) is 6. The lowest BCUT2D eigenvalue weighted by molar-refractivity contribution is 0.388. The van der Waals surface area contributed by atoms with Crippen LogP contribution in [0.2, 0.25) is 0 Å². The number of aromatic nitrogens is 6. The topological polar surface area (TPSA) is 90.5 Å². The van der Waals surface area contributed by atoms with Gasteiger partial charge in [-0.05, 0) is 61.9 Å². The Hall–Kier alpha value is -3.62. The average Bonchev–Trinajstić information content (AvgIpc) is 3.26. The van der Waals surface area contributed by atoms with Crippen molar-refractivity contribution in [2.24, 2.45) is 0 Å². The Balaban J connectivity index is 1.64. The summed E-state index contributed by atoms with van der Waals surface area (Å²) in [5.41, 5.74) is 1.91. The molecule has 2 atom stereocenters. The van der Waals surface area contributed by atoms with Gasteiger partial charge in [-0.2, -0.15) is 5.10 Å². The van der Waals surface area contributed by atoms with Crippen LogP contribution in [0.15, 0.2) is 40.9 Å². The molecule has 1 aliphatic rings. The molecule has 168 valence electrons. The van der Waals surface area contributed by atoms with E-state index in [1.807, 2.05) is 6.07 Å². The summed E-state index contributed by atoms with van der Waals surface area (Å²) >= 11 is 0. The number of hydrogen-bond donors (Lipinski definition) is 0. The fraction of sp³-hybridized carbons (Fsp3) is 0.333.